The van der Waals surface area contributed by atoms with Gasteiger partial charge in [-0.05, 0) is 48.9 Å². The van der Waals surface area contributed by atoms with Crippen LogP contribution in [0.3, 0.4) is 0 Å². The number of nitrogens with one attached hydrogen (secondary N) is 1. The number of imidazole rings is 1. The summed E-state index contributed by atoms with van der Waals surface area (Å²) in [6.45, 7) is 1.73. The minimum absolute atomic E-state index is 0.160. The molecule has 2 aromatic heterocycles. The van der Waals surface area contributed by atoms with Gasteiger partial charge in [0.2, 0.25) is 0 Å². The van der Waals surface area contributed by atoms with Gasteiger partial charge >= 0.3 is 0 Å². The lowest BCUT2D eigenvalue weighted by Gasteiger charge is -2.11. The Morgan fingerprint density at radius 3 is 2.70 bits per heavy atom. The average Bonchev–Trinajstić information content (AvgIpc) is 3.08. The molecule has 5 nitrogen and oxygen atoms in total. The van der Waals surface area contributed by atoms with E-state index < -0.39 is 10.0 Å². The summed E-state index contributed by atoms with van der Waals surface area (Å²) >= 11 is 5.97. The standard InChI is InChI=1S/C20H16ClN3O2S/c1-14-8-9-16(21)12-19(14)27(25,26)23-17-6-4-5-15(11-17)18-13-24-10-3-2-7-20(24)22-18/h2-13,23H,1H3. The smallest absolute Gasteiger partial charge is 0.262 e. The van der Waals surface area contributed by atoms with Crippen molar-refractivity contribution in [1.29, 1.82) is 0 Å². The molecule has 2 heterocycles. The third-order valence-electron chi connectivity index (χ3n) is 4.21. The Balaban J connectivity index is 1.69. The van der Waals surface area contributed by atoms with Crippen LogP contribution in [-0.2, 0) is 10.0 Å². The number of aromatic nitrogens is 2. The molecule has 0 aliphatic carbocycles. The number of sulfonamides is 1. The summed E-state index contributed by atoms with van der Waals surface area (Å²) in [5.41, 5.74) is 3.50. The summed E-state index contributed by atoms with van der Waals surface area (Å²) in [7, 11) is -3.75. The molecule has 7 heteroatoms. The first-order valence-corrected chi connectivity index (χ1v) is 10.1. The zero-order valence-corrected chi connectivity index (χ0v) is 16.0. The first kappa shape index (κ1) is 17.6. The largest absolute Gasteiger partial charge is 0.306 e. The topological polar surface area (TPSA) is 63.5 Å². The number of halogens is 1. The molecule has 0 bridgehead atoms. The first-order valence-electron chi connectivity index (χ1n) is 8.25. The number of fused-ring (bicyclic) bond motifs is 1. The Hall–Kier alpha value is -2.83. The molecule has 0 unspecified atom stereocenters. The maximum Gasteiger partial charge on any atom is 0.262 e. The fraction of sp³-hybridized carbons (Fsp3) is 0.0500. The van der Waals surface area contributed by atoms with Crippen LogP contribution in [0.1, 0.15) is 5.56 Å². The van der Waals surface area contributed by atoms with Gasteiger partial charge in [0.05, 0.1) is 10.6 Å². The van der Waals surface area contributed by atoms with Crippen molar-refractivity contribution in [3.05, 3.63) is 83.6 Å². The van der Waals surface area contributed by atoms with Crippen LogP contribution in [-0.4, -0.2) is 17.8 Å². The van der Waals surface area contributed by atoms with Crippen LogP contribution >= 0.6 is 11.6 Å². The molecular weight excluding hydrogens is 382 g/mol. The van der Waals surface area contributed by atoms with Crippen molar-refractivity contribution in [3.8, 4) is 11.3 Å². The molecule has 4 rings (SSSR count). The minimum Gasteiger partial charge on any atom is -0.306 e. The SMILES string of the molecule is Cc1ccc(Cl)cc1S(=O)(=O)Nc1cccc(-c2cn3ccccc3n2)c1. The van der Waals surface area contributed by atoms with Crippen LogP contribution < -0.4 is 4.72 Å². The molecule has 0 aliphatic rings. The number of aryl methyl sites for hydroxylation is 1. The Labute approximate surface area is 162 Å². The van der Waals surface area contributed by atoms with Gasteiger partial charge in [-0.3, -0.25) is 4.72 Å². The first-order chi connectivity index (χ1) is 12.9. The van der Waals surface area contributed by atoms with E-state index in [1.165, 1.54) is 6.07 Å². The third kappa shape index (κ3) is 3.54. The normalized spacial score (nSPS) is 11.6. The second-order valence-electron chi connectivity index (χ2n) is 6.19. The lowest BCUT2D eigenvalue weighted by atomic mass is 10.1. The molecule has 0 saturated carbocycles. The van der Waals surface area contributed by atoms with Crippen molar-refractivity contribution < 1.29 is 8.42 Å². The molecule has 136 valence electrons. The van der Waals surface area contributed by atoms with Crippen LogP contribution in [0.25, 0.3) is 16.9 Å². The second-order valence-corrected chi connectivity index (χ2v) is 8.28. The number of benzene rings is 2. The van der Waals surface area contributed by atoms with Crippen LogP contribution in [0.5, 0.6) is 0 Å². The van der Waals surface area contributed by atoms with Gasteiger partial charge in [-0.15, -0.1) is 0 Å². The van der Waals surface area contributed by atoms with E-state index in [-0.39, 0.29) is 4.90 Å². The fourth-order valence-corrected chi connectivity index (χ4v) is 4.45. The van der Waals surface area contributed by atoms with Crippen LogP contribution in [0.4, 0.5) is 5.69 Å². The summed E-state index contributed by atoms with van der Waals surface area (Å²) in [4.78, 5) is 4.73. The third-order valence-corrected chi connectivity index (χ3v) is 5.97. The summed E-state index contributed by atoms with van der Waals surface area (Å²) in [6, 6.07) is 17.7. The second kappa shape index (κ2) is 6.72. The molecule has 2 aromatic carbocycles. The van der Waals surface area contributed by atoms with Gasteiger partial charge in [0.25, 0.3) is 10.0 Å². The Kier molecular flexibility index (Phi) is 4.37. The van der Waals surface area contributed by atoms with Crippen molar-refractivity contribution >= 4 is 33.0 Å². The van der Waals surface area contributed by atoms with Gasteiger partial charge in [0.1, 0.15) is 5.65 Å². The monoisotopic (exact) mass is 397 g/mol. The Morgan fingerprint density at radius 1 is 1.04 bits per heavy atom. The van der Waals surface area contributed by atoms with Crippen molar-refractivity contribution in [2.45, 2.75) is 11.8 Å². The highest BCUT2D eigenvalue weighted by molar-refractivity contribution is 7.92. The number of hydrogen-bond donors (Lipinski definition) is 1. The van der Waals surface area contributed by atoms with E-state index in [1.54, 1.807) is 37.3 Å². The highest BCUT2D eigenvalue weighted by Gasteiger charge is 2.18. The van der Waals surface area contributed by atoms with E-state index in [0.29, 0.717) is 16.3 Å². The lowest BCUT2D eigenvalue weighted by Crippen LogP contribution is -2.14. The summed E-state index contributed by atoms with van der Waals surface area (Å²) in [6.07, 6.45) is 3.82. The molecule has 0 spiro atoms. The van der Waals surface area contributed by atoms with E-state index in [0.717, 1.165) is 16.9 Å². The molecule has 0 fully saturated rings. The maximum atomic E-state index is 12.8. The van der Waals surface area contributed by atoms with Crippen molar-refractivity contribution in [3.63, 3.8) is 0 Å². The summed E-state index contributed by atoms with van der Waals surface area (Å²) in [5.74, 6) is 0. The molecule has 27 heavy (non-hydrogen) atoms. The molecule has 0 amide bonds. The number of pyridine rings is 1. The lowest BCUT2D eigenvalue weighted by molar-refractivity contribution is 0.600. The average molecular weight is 398 g/mol. The van der Waals surface area contributed by atoms with E-state index >= 15 is 0 Å². The highest BCUT2D eigenvalue weighted by atomic mass is 35.5. The van der Waals surface area contributed by atoms with Crippen molar-refractivity contribution in [1.82, 2.24) is 9.38 Å². The van der Waals surface area contributed by atoms with Crippen LogP contribution in [0, 0.1) is 6.92 Å². The van der Waals surface area contributed by atoms with Crippen molar-refractivity contribution in [2.24, 2.45) is 0 Å². The molecule has 4 aromatic rings. The minimum atomic E-state index is -3.75. The molecule has 0 aliphatic heterocycles. The van der Waals surface area contributed by atoms with E-state index in [1.807, 2.05) is 41.1 Å². The predicted molar refractivity (Wildman–Crippen MR) is 108 cm³/mol. The Morgan fingerprint density at radius 2 is 1.89 bits per heavy atom. The van der Waals surface area contributed by atoms with Gasteiger partial charge in [-0.25, -0.2) is 13.4 Å². The van der Waals surface area contributed by atoms with Crippen LogP contribution in [0.2, 0.25) is 5.02 Å². The number of nitrogens with zero attached hydrogens (tertiary/aromatic N) is 2. The van der Waals surface area contributed by atoms with E-state index in [9.17, 15) is 8.42 Å². The number of rotatable bonds is 4. The summed E-state index contributed by atoms with van der Waals surface area (Å²) < 4.78 is 30.1. The fourth-order valence-electron chi connectivity index (χ4n) is 2.89. The van der Waals surface area contributed by atoms with Gasteiger partial charge in [0.15, 0.2) is 0 Å². The Bertz CT molecular complexity index is 1220. The van der Waals surface area contributed by atoms with Gasteiger partial charge in [-0.1, -0.05) is 35.9 Å². The molecular formula is C20H16ClN3O2S. The molecule has 1 N–H and O–H groups in total. The van der Waals surface area contributed by atoms with Gasteiger partial charge < -0.3 is 4.40 Å². The number of hydrogen-bond acceptors (Lipinski definition) is 3. The zero-order chi connectivity index (χ0) is 19.0. The van der Waals surface area contributed by atoms with Gasteiger partial charge in [0, 0.05) is 28.7 Å². The van der Waals surface area contributed by atoms with E-state index in [2.05, 4.69) is 9.71 Å². The highest BCUT2D eigenvalue weighted by Crippen LogP contribution is 2.26. The predicted octanol–water partition coefficient (Wildman–Crippen LogP) is 4.76. The van der Waals surface area contributed by atoms with Crippen LogP contribution in [0.15, 0.2) is 78.0 Å². The summed E-state index contributed by atoms with van der Waals surface area (Å²) in [5, 5.41) is 0.374. The van der Waals surface area contributed by atoms with E-state index in [4.69, 9.17) is 11.6 Å². The van der Waals surface area contributed by atoms with Gasteiger partial charge in [-0.2, -0.15) is 0 Å². The van der Waals surface area contributed by atoms with Crippen molar-refractivity contribution in [2.75, 3.05) is 4.72 Å². The molecule has 0 atom stereocenters. The maximum absolute atomic E-state index is 12.8. The quantitative estimate of drug-likeness (QED) is 0.539. The number of anilines is 1. The molecule has 0 radical (unpaired) electrons. The molecule has 0 saturated heterocycles. The zero-order valence-electron chi connectivity index (χ0n) is 14.4.